The van der Waals surface area contributed by atoms with Gasteiger partial charge in [0.1, 0.15) is 0 Å². The molecule has 1 saturated heterocycles. The quantitative estimate of drug-likeness (QED) is 0.635. The number of aromatic nitrogens is 4. The summed E-state index contributed by atoms with van der Waals surface area (Å²) in [5.74, 6) is -0.186. The van der Waals surface area contributed by atoms with Gasteiger partial charge in [0.25, 0.3) is 11.7 Å². The third-order valence-electron chi connectivity index (χ3n) is 2.37. The van der Waals surface area contributed by atoms with Crippen molar-refractivity contribution in [2.75, 3.05) is 33.3 Å². The number of rotatable bonds is 3. The average molecular weight is 226 g/mol. The third kappa shape index (κ3) is 2.52. The van der Waals surface area contributed by atoms with Gasteiger partial charge >= 0.3 is 0 Å². The van der Waals surface area contributed by atoms with Crippen LogP contribution < -0.4 is 5.32 Å². The number of morpholine rings is 1. The highest BCUT2D eigenvalue weighted by molar-refractivity contribution is 5.89. The zero-order chi connectivity index (χ0) is 11.4. The summed E-state index contributed by atoms with van der Waals surface area (Å²) in [7, 11) is 1.69. The second kappa shape index (κ2) is 4.99. The molecule has 0 aromatic carbocycles. The van der Waals surface area contributed by atoms with Crippen molar-refractivity contribution in [2.24, 2.45) is 0 Å². The number of hydrogen-bond donors (Lipinski definition) is 2. The van der Waals surface area contributed by atoms with Gasteiger partial charge in [0.15, 0.2) is 0 Å². The molecule has 1 aromatic rings. The summed E-state index contributed by atoms with van der Waals surface area (Å²) in [5.41, 5.74) is 0. The first-order chi connectivity index (χ1) is 7.77. The summed E-state index contributed by atoms with van der Waals surface area (Å²) in [6.07, 6.45) is 0.0228. The molecular weight excluding hydrogens is 212 g/mol. The SMILES string of the molecule is CN(CC1CNCCO1)C(=O)c1nn[nH]n1. The van der Waals surface area contributed by atoms with Crippen LogP contribution in [0.1, 0.15) is 10.6 Å². The molecule has 8 heteroatoms. The summed E-state index contributed by atoms with van der Waals surface area (Å²) >= 11 is 0. The van der Waals surface area contributed by atoms with Crippen molar-refractivity contribution in [2.45, 2.75) is 6.10 Å². The summed E-state index contributed by atoms with van der Waals surface area (Å²) in [4.78, 5) is 13.3. The van der Waals surface area contributed by atoms with Gasteiger partial charge in [-0.05, 0) is 5.21 Å². The molecule has 2 N–H and O–H groups in total. The molecule has 1 amide bonds. The van der Waals surface area contributed by atoms with Gasteiger partial charge in [-0.1, -0.05) is 0 Å². The topological polar surface area (TPSA) is 96.0 Å². The zero-order valence-electron chi connectivity index (χ0n) is 9.01. The van der Waals surface area contributed by atoms with Crippen LogP contribution in [0, 0.1) is 0 Å². The van der Waals surface area contributed by atoms with Crippen LogP contribution in [-0.2, 0) is 4.74 Å². The molecule has 0 radical (unpaired) electrons. The van der Waals surface area contributed by atoms with E-state index in [4.69, 9.17) is 4.74 Å². The van der Waals surface area contributed by atoms with Crippen LogP contribution in [0.5, 0.6) is 0 Å². The number of hydrogen-bond acceptors (Lipinski definition) is 6. The first-order valence-electron chi connectivity index (χ1n) is 5.08. The fourth-order valence-electron chi connectivity index (χ4n) is 1.55. The zero-order valence-corrected chi connectivity index (χ0v) is 9.01. The average Bonchev–Trinajstić information content (AvgIpc) is 2.83. The van der Waals surface area contributed by atoms with Gasteiger partial charge in [-0.25, -0.2) is 0 Å². The van der Waals surface area contributed by atoms with E-state index in [0.717, 1.165) is 13.1 Å². The largest absolute Gasteiger partial charge is 0.374 e. The summed E-state index contributed by atoms with van der Waals surface area (Å²) in [6, 6.07) is 0. The summed E-state index contributed by atoms with van der Waals surface area (Å²) in [6.45, 7) is 2.80. The second-order valence-electron chi connectivity index (χ2n) is 3.62. The minimum absolute atomic E-state index is 0.0228. The second-order valence-corrected chi connectivity index (χ2v) is 3.62. The molecule has 1 fully saturated rings. The Morgan fingerprint density at radius 3 is 3.19 bits per heavy atom. The van der Waals surface area contributed by atoms with Crippen molar-refractivity contribution in [1.29, 1.82) is 0 Å². The summed E-state index contributed by atoms with van der Waals surface area (Å²) < 4.78 is 5.50. The number of aromatic amines is 1. The molecule has 1 aromatic heterocycles. The standard InChI is InChI=1S/C8H14N6O2/c1-14(5-6-4-9-2-3-16-6)8(15)7-10-12-13-11-7/h6,9H,2-5H2,1H3,(H,10,11,12,13). The normalized spacial score (nSPS) is 20.7. The third-order valence-corrected chi connectivity index (χ3v) is 2.37. The number of nitrogens with one attached hydrogen (secondary N) is 2. The molecule has 1 atom stereocenters. The number of ether oxygens (including phenoxy) is 1. The van der Waals surface area contributed by atoms with E-state index >= 15 is 0 Å². The van der Waals surface area contributed by atoms with Crippen LogP contribution in [0.25, 0.3) is 0 Å². The van der Waals surface area contributed by atoms with Crippen LogP contribution in [-0.4, -0.2) is 70.8 Å². The van der Waals surface area contributed by atoms with Crippen molar-refractivity contribution in [3.63, 3.8) is 0 Å². The fraction of sp³-hybridized carbons (Fsp3) is 0.750. The number of H-pyrrole nitrogens is 1. The van der Waals surface area contributed by atoms with E-state index in [1.807, 2.05) is 0 Å². The lowest BCUT2D eigenvalue weighted by Crippen LogP contribution is -2.45. The fourth-order valence-corrected chi connectivity index (χ4v) is 1.55. The van der Waals surface area contributed by atoms with Crippen LogP contribution in [0.4, 0.5) is 0 Å². The predicted octanol–water partition coefficient (Wildman–Crippen LogP) is -1.74. The molecule has 0 bridgehead atoms. The first-order valence-corrected chi connectivity index (χ1v) is 5.08. The Kier molecular flexibility index (Phi) is 3.42. The molecule has 8 nitrogen and oxygen atoms in total. The minimum atomic E-state index is -0.261. The molecule has 2 heterocycles. The Labute approximate surface area is 92.3 Å². The molecule has 1 aliphatic heterocycles. The van der Waals surface area contributed by atoms with Gasteiger partial charge < -0.3 is 15.0 Å². The van der Waals surface area contributed by atoms with E-state index < -0.39 is 0 Å². The Balaban J connectivity index is 1.87. The van der Waals surface area contributed by atoms with E-state index in [9.17, 15) is 4.79 Å². The maximum Gasteiger partial charge on any atom is 0.295 e. The smallest absolute Gasteiger partial charge is 0.295 e. The summed E-state index contributed by atoms with van der Waals surface area (Å²) in [5, 5.41) is 16.1. The maximum atomic E-state index is 11.7. The Morgan fingerprint density at radius 2 is 2.56 bits per heavy atom. The molecule has 0 spiro atoms. The number of likely N-dealkylation sites (N-methyl/N-ethyl adjacent to an activating group) is 1. The molecule has 16 heavy (non-hydrogen) atoms. The lowest BCUT2D eigenvalue weighted by Gasteiger charge is -2.27. The molecule has 1 aliphatic rings. The Hall–Kier alpha value is -1.54. The molecular formula is C8H14N6O2. The van der Waals surface area contributed by atoms with Crippen molar-refractivity contribution in [3.8, 4) is 0 Å². The van der Waals surface area contributed by atoms with Crippen LogP contribution in [0.2, 0.25) is 0 Å². The number of amides is 1. The van der Waals surface area contributed by atoms with Crippen LogP contribution in [0.15, 0.2) is 0 Å². The van der Waals surface area contributed by atoms with E-state index in [-0.39, 0.29) is 17.8 Å². The van der Waals surface area contributed by atoms with Gasteiger partial charge in [-0.15, -0.1) is 10.2 Å². The van der Waals surface area contributed by atoms with Gasteiger partial charge in [0.05, 0.1) is 12.7 Å². The van der Waals surface area contributed by atoms with Crippen molar-refractivity contribution < 1.29 is 9.53 Å². The number of carbonyl (C=O) groups excluding carboxylic acids is 1. The van der Waals surface area contributed by atoms with Crippen molar-refractivity contribution in [1.82, 2.24) is 30.8 Å². The lowest BCUT2D eigenvalue weighted by molar-refractivity contribution is 0.0101. The van der Waals surface area contributed by atoms with E-state index in [1.54, 1.807) is 7.05 Å². The van der Waals surface area contributed by atoms with Crippen LogP contribution in [0.3, 0.4) is 0 Å². The Morgan fingerprint density at radius 1 is 1.69 bits per heavy atom. The van der Waals surface area contributed by atoms with Gasteiger partial charge in [-0.3, -0.25) is 4.79 Å². The first kappa shape index (κ1) is 11.0. The van der Waals surface area contributed by atoms with Crippen molar-refractivity contribution >= 4 is 5.91 Å². The minimum Gasteiger partial charge on any atom is -0.374 e. The predicted molar refractivity (Wildman–Crippen MR) is 53.7 cm³/mol. The monoisotopic (exact) mass is 226 g/mol. The highest BCUT2D eigenvalue weighted by Gasteiger charge is 2.21. The molecule has 1 unspecified atom stereocenters. The number of tetrazole rings is 1. The van der Waals surface area contributed by atoms with E-state index in [0.29, 0.717) is 13.2 Å². The number of nitrogens with zero attached hydrogens (tertiary/aromatic N) is 4. The van der Waals surface area contributed by atoms with Crippen molar-refractivity contribution in [3.05, 3.63) is 5.82 Å². The van der Waals surface area contributed by atoms with Gasteiger partial charge in [0, 0.05) is 26.7 Å². The van der Waals surface area contributed by atoms with Gasteiger partial charge in [0.2, 0.25) is 0 Å². The highest BCUT2D eigenvalue weighted by atomic mass is 16.5. The maximum absolute atomic E-state index is 11.7. The lowest BCUT2D eigenvalue weighted by atomic mass is 10.3. The highest BCUT2D eigenvalue weighted by Crippen LogP contribution is 2.01. The van der Waals surface area contributed by atoms with E-state index in [2.05, 4.69) is 25.9 Å². The molecule has 88 valence electrons. The molecule has 2 rings (SSSR count). The Bertz CT molecular complexity index is 334. The molecule has 0 saturated carbocycles. The van der Waals surface area contributed by atoms with E-state index in [1.165, 1.54) is 4.90 Å². The molecule has 0 aliphatic carbocycles. The van der Waals surface area contributed by atoms with Crippen LogP contribution >= 0.6 is 0 Å². The number of carbonyl (C=O) groups is 1. The van der Waals surface area contributed by atoms with Gasteiger partial charge in [-0.2, -0.15) is 5.21 Å².